The third-order valence-electron chi connectivity index (χ3n) is 4.31. The zero-order chi connectivity index (χ0) is 16.8. The highest BCUT2D eigenvalue weighted by Crippen LogP contribution is 2.14. The smallest absolute Gasteiger partial charge is 0.0438 e. The lowest BCUT2D eigenvalue weighted by Gasteiger charge is -2.03. The molecule has 0 bridgehead atoms. The highest BCUT2D eigenvalue weighted by atomic mass is 32.2. The van der Waals surface area contributed by atoms with Crippen molar-refractivity contribution in [3.05, 3.63) is 0 Å². The first-order valence-corrected chi connectivity index (χ1v) is 11.2. The van der Waals surface area contributed by atoms with E-state index in [2.05, 4.69) is 5.92 Å². The molecular formula is C21H40OS. The van der Waals surface area contributed by atoms with E-state index in [4.69, 9.17) is 11.5 Å². The third kappa shape index (κ3) is 21.9. The molecule has 0 aromatic rings. The Morgan fingerprint density at radius 2 is 0.957 bits per heavy atom. The molecule has 0 atom stereocenters. The van der Waals surface area contributed by atoms with Gasteiger partial charge in [-0.05, 0) is 30.8 Å². The lowest BCUT2D eigenvalue weighted by atomic mass is 10.0. The predicted molar refractivity (Wildman–Crippen MR) is 107 cm³/mol. The molecule has 136 valence electrons. The van der Waals surface area contributed by atoms with Crippen LogP contribution >= 0.6 is 11.8 Å². The zero-order valence-corrected chi connectivity index (χ0v) is 16.2. The number of terminal acetylenes is 1. The standard InChI is InChI=1S/C21H40OS/c1-2-3-4-5-6-7-8-9-10-11-12-13-14-15-16-17-20-23-21-18-19-22/h1,22H,3-21H2. The van der Waals surface area contributed by atoms with Gasteiger partial charge in [-0.1, -0.05) is 77.0 Å². The van der Waals surface area contributed by atoms with Crippen molar-refractivity contribution >= 4 is 11.8 Å². The molecule has 0 unspecified atom stereocenters. The summed E-state index contributed by atoms with van der Waals surface area (Å²) in [6.45, 7) is 0.347. The van der Waals surface area contributed by atoms with Gasteiger partial charge in [-0.25, -0.2) is 0 Å². The van der Waals surface area contributed by atoms with Crippen molar-refractivity contribution in [1.29, 1.82) is 0 Å². The molecule has 23 heavy (non-hydrogen) atoms. The Labute approximate surface area is 150 Å². The van der Waals surface area contributed by atoms with Crippen LogP contribution in [0.5, 0.6) is 0 Å². The summed E-state index contributed by atoms with van der Waals surface area (Å²) in [5, 5.41) is 8.69. The number of aliphatic hydroxyl groups is 1. The van der Waals surface area contributed by atoms with Crippen molar-refractivity contribution in [3.8, 4) is 12.3 Å². The van der Waals surface area contributed by atoms with Crippen LogP contribution < -0.4 is 0 Å². The molecule has 0 fully saturated rings. The molecule has 0 aliphatic rings. The fourth-order valence-electron chi connectivity index (χ4n) is 2.82. The Balaban J connectivity index is 2.94. The Kier molecular flexibility index (Phi) is 21.7. The molecule has 1 nitrogen and oxygen atoms in total. The first-order chi connectivity index (χ1) is 11.4. The SMILES string of the molecule is C#CCCCCCCCCCCCCCCCCSCCCO. The van der Waals surface area contributed by atoms with Gasteiger partial charge in [0.2, 0.25) is 0 Å². The number of aliphatic hydroxyl groups excluding tert-OH is 1. The van der Waals surface area contributed by atoms with Gasteiger partial charge in [0.15, 0.2) is 0 Å². The minimum absolute atomic E-state index is 0.347. The highest BCUT2D eigenvalue weighted by Gasteiger charge is 1.95. The van der Waals surface area contributed by atoms with E-state index < -0.39 is 0 Å². The van der Waals surface area contributed by atoms with Gasteiger partial charge in [0.05, 0.1) is 0 Å². The molecule has 0 saturated heterocycles. The summed E-state index contributed by atoms with van der Waals surface area (Å²) in [4.78, 5) is 0. The number of hydrogen-bond acceptors (Lipinski definition) is 2. The molecule has 1 N–H and O–H groups in total. The summed E-state index contributed by atoms with van der Waals surface area (Å²) in [7, 11) is 0. The van der Waals surface area contributed by atoms with E-state index in [-0.39, 0.29) is 0 Å². The Morgan fingerprint density at radius 3 is 1.39 bits per heavy atom. The molecule has 0 aliphatic carbocycles. The molecule has 2 heteroatoms. The molecule has 0 heterocycles. The number of hydrogen-bond donors (Lipinski definition) is 1. The summed E-state index contributed by atoms with van der Waals surface area (Å²) in [5.41, 5.74) is 0. The lowest BCUT2D eigenvalue weighted by Crippen LogP contribution is -1.88. The third-order valence-corrected chi connectivity index (χ3v) is 5.46. The van der Waals surface area contributed by atoms with Gasteiger partial charge in [0.25, 0.3) is 0 Å². The minimum atomic E-state index is 0.347. The largest absolute Gasteiger partial charge is 0.396 e. The van der Waals surface area contributed by atoms with Crippen LogP contribution in [-0.2, 0) is 0 Å². The van der Waals surface area contributed by atoms with Crippen LogP contribution in [0.25, 0.3) is 0 Å². The van der Waals surface area contributed by atoms with Crippen LogP contribution in [0.1, 0.15) is 103 Å². The van der Waals surface area contributed by atoms with Gasteiger partial charge in [0.1, 0.15) is 0 Å². The van der Waals surface area contributed by atoms with Crippen LogP contribution in [0, 0.1) is 12.3 Å². The minimum Gasteiger partial charge on any atom is -0.396 e. The van der Waals surface area contributed by atoms with E-state index in [0.717, 1.165) is 18.6 Å². The zero-order valence-electron chi connectivity index (χ0n) is 15.4. The molecule has 0 amide bonds. The van der Waals surface area contributed by atoms with Crippen molar-refractivity contribution in [3.63, 3.8) is 0 Å². The van der Waals surface area contributed by atoms with E-state index in [1.54, 1.807) is 0 Å². The van der Waals surface area contributed by atoms with Crippen LogP contribution in [0.4, 0.5) is 0 Å². The fourth-order valence-corrected chi connectivity index (χ4v) is 3.77. The van der Waals surface area contributed by atoms with Crippen molar-refractivity contribution in [2.75, 3.05) is 18.1 Å². The van der Waals surface area contributed by atoms with Crippen LogP contribution in [-0.4, -0.2) is 23.2 Å². The first kappa shape index (κ1) is 22.9. The predicted octanol–water partition coefficient (Wildman–Crippen LogP) is 6.59. The Hall–Kier alpha value is -0.130. The van der Waals surface area contributed by atoms with Crippen LogP contribution in [0.2, 0.25) is 0 Å². The number of rotatable bonds is 19. The maximum atomic E-state index is 8.69. The average Bonchev–Trinajstić information content (AvgIpc) is 2.57. The molecule has 0 radical (unpaired) electrons. The summed E-state index contributed by atoms with van der Waals surface area (Å²) in [6.07, 6.45) is 26.7. The summed E-state index contributed by atoms with van der Waals surface area (Å²) in [5.74, 6) is 5.12. The van der Waals surface area contributed by atoms with E-state index in [0.29, 0.717) is 6.61 Å². The van der Waals surface area contributed by atoms with Crippen LogP contribution in [0.3, 0.4) is 0 Å². The van der Waals surface area contributed by atoms with Crippen molar-refractivity contribution < 1.29 is 5.11 Å². The van der Waals surface area contributed by atoms with Gasteiger partial charge in [-0.3, -0.25) is 0 Å². The number of unbranched alkanes of at least 4 members (excludes halogenated alkanes) is 14. The van der Waals surface area contributed by atoms with E-state index in [1.807, 2.05) is 11.8 Å². The average molecular weight is 341 g/mol. The maximum Gasteiger partial charge on any atom is 0.0438 e. The molecule has 0 aromatic heterocycles. The Bertz CT molecular complexity index is 247. The van der Waals surface area contributed by atoms with Gasteiger partial charge in [-0.2, -0.15) is 11.8 Å². The first-order valence-electron chi connectivity index (χ1n) is 10.0. The van der Waals surface area contributed by atoms with Gasteiger partial charge in [0, 0.05) is 13.0 Å². The van der Waals surface area contributed by atoms with Crippen molar-refractivity contribution in [1.82, 2.24) is 0 Å². The highest BCUT2D eigenvalue weighted by molar-refractivity contribution is 7.99. The molecule has 0 aliphatic heterocycles. The second-order valence-corrected chi connectivity index (χ2v) is 7.82. The molecule has 0 rings (SSSR count). The number of thioether (sulfide) groups is 1. The monoisotopic (exact) mass is 340 g/mol. The summed E-state index contributed by atoms with van der Waals surface area (Å²) in [6, 6.07) is 0. The topological polar surface area (TPSA) is 20.2 Å². The van der Waals surface area contributed by atoms with Crippen molar-refractivity contribution in [2.24, 2.45) is 0 Å². The quantitative estimate of drug-likeness (QED) is 0.211. The lowest BCUT2D eigenvalue weighted by molar-refractivity contribution is 0.296. The van der Waals surface area contributed by atoms with E-state index >= 15 is 0 Å². The maximum absolute atomic E-state index is 8.69. The molecule has 0 aromatic carbocycles. The van der Waals surface area contributed by atoms with Crippen molar-refractivity contribution in [2.45, 2.75) is 103 Å². The molecule has 0 spiro atoms. The van der Waals surface area contributed by atoms with Gasteiger partial charge >= 0.3 is 0 Å². The Morgan fingerprint density at radius 1 is 0.565 bits per heavy atom. The molecular weight excluding hydrogens is 300 g/mol. The second-order valence-electron chi connectivity index (χ2n) is 6.59. The summed E-state index contributed by atoms with van der Waals surface area (Å²) < 4.78 is 0. The normalized spacial score (nSPS) is 10.8. The second kappa shape index (κ2) is 21.9. The van der Waals surface area contributed by atoms with E-state index in [9.17, 15) is 0 Å². The summed E-state index contributed by atoms with van der Waals surface area (Å²) >= 11 is 2.00. The van der Waals surface area contributed by atoms with E-state index in [1.165, 1.54) is 95.6 Å². The van der Waals surface area contributed by atoms with Gasteiger partial charge in [-0.15, -0.1) is 12.3 Å². The van der Waals surface area contributed by atoms with Gasteiger partial charge < -0.3 is 5.11 Å². The van der Waals surface area contributed by atoms with Crippen LogP contribution in [0.15, 0.2) is 0 Å². The fraction of sp³-hybridized carbons (Fsp3) is 0.905. The molecule has 0 saturated carbocycles.